The molecule has 0 saturated heterocycles. The number of aliphatic hydroxyl groups is 1. The zero-order valence-corrected chi connectivity index (χ0v) is 12.6. The second-order valence-corrected chi connectivity index (χ2v) is 5.44. The Morgan fingerprint density at radius 3 is 2.75 bits per heavy atom. The zero-order valence-electron chi connectivity index (χ0n) is 11.1. The summed E-state index contributed by atoms with van der Waals surface area (Å²) in [5, 5.41) is 11.1. The van der Waals surface area contributed by atoms with Gasteiger partial charge in [-0.2, -0.15) is 0 Å². The molecule has 20 heavy (non-hydrogen) atoms. The molecule has 0 aliphatic carbocycles. The summed E-state index contributed by atoms with van der Waals surface area (Å²) in [7, 11) is 0. The Kier molecular flexibility index (Phi) is 4.48. The maximum absolute atomic E-state index is 12.1. The molecule has 0 fully saturated rings. The van der Waals surface area contributed by atoms with Crippen LogP contribution in [0.4, 0.5) is 0 Å². The summed E-state index contributed by atoms with van der Waals surface area (Å²) in [6.07, 6.45) is 0.495. The molecule has 0 unspecified atom stereocenters. The van der Waals surface area contributed by atoms with E-state index in [1.54, 1.807) is 32.0 Å². The third-order valence-corrected chi connectivity index (χ3v) is 3.78. The Balaban J connectivity index is 2.33. The normalized spacial score (nSPS) is 12.4. The van der Waals surface area contributed by atoms with Crippen LogP contribution >= 0.6 is 23.2 Å². The smallest absolute Gasteiger partial charge is 0.256 e. The highest BCUT2D eigenvalue weighted by atomic mass is 35.5. The van der Waals surface area contributed by atoms with E-state index in [0.29, 0.717) is 26.9 Å². The Hall–Kier alpha value is -1.36. The van der Waals surface area contributed by atoms with Crippen molar-refractivity contribution in [3.05, 3.63) is 61.7 Å². The summed E-state index contributed by atoms with van der Waals surface area (Å²) in [6.45, 7) is 3.55. The number of aryl methyl sites for hydroxylation is 1. The molecule has 106 valence electrons. The monoisotopic (exact) mass is 312 g/mol. The van der Waals surface area contributed by atoms with E-state index in [4.69, 9.17) is 23.2 Å². The van der Waals surface area contributed by atoms with E-state index < -0.39 is 6.10 Å². The van der Waals surface area contributed by atoms with Crippen molar-refractivity contribution in [2.24, 2.45) is 0 Å². The van der Waals surface area contributed by atoms with E-state index in [0.717, 1.165) is 0 Å². The fraction of sp³-hybridized carbons (Fsp3) is 0.286. The van der Waals surface area contributed by atoms with Crippen LogP contribution in [-0.2, 0) is 6.54 Å². The number of halogens is 2. The molecule has 0 radical (unpaired) electrons. The van der Waals surface area contributed by atoms with Crippen LogP contribution in [0.25, 0.3) is 0 Å². The number of hydrogen-bond acceptors (Lipinski definition) is 3. The average molecular weight is 313 g/mol. The minimum Gasteiger partial charge on any atom is -0.386 e. The first-order chi connectivity index (χ1) is 9.40. The topological polar surface area (TPSA) is 55.1 Å². The molecule has 0 aliphatic heterocycles. The number of aromatic nitrogens is 2. The van der Waals surface area contributed by atoms with Gasteiger partial charge < -0.3 is 5.11 Å². The third-order valence-electron chi connectivity index (χ3n) is 3.20. The van der Waals surface area contributed by atoms with E-state index in [1.807, 2.05) is 0 Å². The first-order valence-corrected chi connectivity index (χ1v) is 6.81. The second kappa shape index (κ2) is 5.95. The van der Waals surface area contributed by atoms with Gasteiger partial charge in [0.1, 0.15) is 0 Å². The summed E-state index contributed by atoms with van der Waals surface area (Å²) >= 11 is 11.9. The van der Waals surface area contributed by atoms with Gasteiger partial charge in [0, 0.05) is 26.9 Å². The highest BCUT2D eigenvalue weighted by Gasteiger charge is 2.14. The maximum Gasteiger partial charge on any atom is 0.256 e. The van der Waals surface area contributed by atoms with Crippen LogP contribution in [0.1, 0.15) is 22.9 Å². The molecule has 1 atom stereocenters. The Labute approximate surface area is 126 Å². The van der Waals surface area contributed by atoms with Gasteiger partial charge in [0.25, 0.3) is 5.56 Å². The predicted octanol–water partition coefficient (Wildman–Crippen LogP) is 2.90. The van der Waals surface area contributed by atoms with Gasteiger partial charge >= 0.3 is 0 Å². The van der Waals surface area contributed by atoms with Crippen molar-refractivity contribution in [2.45, 2.75) is 26.5 Å². The highest BCUT2D eigenvalue weighted by molar-refractivity contribution is 6.33. The van der Waals surface area contributed by atoms with Gasteiger partial charge in [0.2, 0.25) is 0 Å². The Morgan fingerprint density at radius 1 is 1.35 bits per heavy atom. The average Bonchev–Trinajstić information content (AvgIpc) is 2.42. The number of hydrogen-bond donors (Lipinski definition) is 1. The van der Waals surface area contributed by atoms with Crippen LogP contribution in [0.5, 0.6) is 0 Å². The quantitative estimate of drug-likeness (QED) is 0.948. The summed E-state index contributed by atoms with van der Waals surface area (Å²) < 4.78 is 1.37. The lowest BCUT2D eigenvalue weighted by molar-refractivity contribution is 0.154. The van der Waals surface area contributed by atoms with Gasteiger partial charge in [0.05, 0.1) is 19.0 Å². The van der Waals surface area contributed by atoms with E-state index >= 15 is 0 Å². The van der Waals surface area contributed by atoms with Gasteiger partial charge in [-0.25, -0.2) is 4.98 Å². The van der Waals surface area contributed by atoms with Crippen LogP contribution in [0.15, 0.2) is 29.3 Å². The molecule has 6 heteroatoms. The van der Waals surface area contributed by atoms with Crippen LogP contribution in [-0.4, -0.2) is 14.7 Å². The molecule has 2 rings (SSSR count). The molecule has 1 N–H and O–H groups in total. The summed E-state index contributed by atoms with van der Waals surface area (Å²) in [4.78, 5) is 16.2. The SMILES string of the molecule is Cc1ncn(C[C@@H](O)c2cc(Cl)ccc2Cl)c(=O)c1C. The van der Waals surface area contributed by atoms with Crippen molar-refractivity contribution < 1.29 is 5.11 Å². The fourth-order valence-corrected chi connectivity index (χ4v) is 2.28. The summed E-state index contributed by atoms with van der Waals surface area (Å²) in [6, 6.07) is 4.85. The molecule has 0 aliphatic rings. The van der Waals surface area contributed by atoms with Crippen molar-refractivity contribution in [3.63, 3.8) is 0 Å². The lowest BCUT2D eigenvalue weighted by atomic mass is 10.1. The van der Waals surface area contributed by atoms with Crippen molar-refractivity contribution in [3.8, 4) is 0 Å². The molecular formula is C14H14Cl2N2O2. The lowest BCUT2D eigenvalue weighted by Gasteiger charge is -2.15. The van der Waals surface area contributed by atoms with Crippen LogP contribution in [0.2, 0.25) is 10.0 Å². The van der Waals surface area contributed by atoms with Crippen molar-refractivity contribution in [2.75, 3.05) is 0 Å². The number of benzene rings is 1. The van der Waals surface area contributed by atoms with Gasteiger partial charge in [-0.05, 0) is 32.0 Å². The number of nitrogens with zero attached hydrogens (tertiary/aromatic N) is 2. The fourth-order valence-electron chi connectivity index (χ4n) is 1.86. The van der Waals surface area contributed by atoms with E-state index in [-0.39, 0.29) is 12.1 Å². The molecule has 0 spiro atoms. The van der Waals surface area contributed by atoms with Crippen molar-refractivity contribution in [1.29, 1.82) is 0 Å². The van der Waals surface area contributed by atoms with Gasteiger partial charge in [0.15, 0.2) is 0 Å². The highest BCUT2D eigenvalue weighted by Crippen LogP contribution is 2.27. The minimum absolute atomic E-state index is 0.0764. The zero-order chi connectivity index (χ0) is 14.9. The molecule has 4 nitrogen and oxygen atoms in total. The standard InChI is InChI=1S/C14H14Cl2N2O2/c1-8-9(2)17-7-18(14(8)20)6-13(19)11-5-10(15)3-4-12(11)16/h3-5,7,13,19H,6H2,1-2H3/t13-/m1/s1. The maximum atomic E-state index is 12.1. The van der Waals surface area contributed by atoms with E-state index in [9.17, 15) is 9.90 Å². The van der Waals surface area contributed by atoms with Gasteiger partial charge in [-0.3, -0.25) is 9.36 Å². The third kappa shape index (κ3) is 3.03. The molecular weight excluding hydrogens is 299 g/mol. The van der Waals surface area contributed by atoms with E-state index in [2.05, 4.69) is 4.98 Å². The molecule has 2 aromatic rings. The minimum atomic E-state index is -0.928. The molecule has 1 heterocycles. The molecule has 0 saturated carbocycles. The van der Waals surface area contributed by atoms with Gasteiger partial charge in [-0.1, -0.05) is 23.2 Å². The summed E-state index contributed by atoms with van der Waals surface area (Å²) in [5.41, 5.74) is 1.57. The molecule has 1 aromatic heterocycles. The van der Waals surface area contributed by atoms with E-state index in [1.165, 1.54) is 10.9 Å². The van der Waals surface area contributed by atoms with Crippen molar-refractivity contribution >= 4 is 23.2 Å². The van der Waals surface area contributed by atoms with Gasteiger partial charge in [-0.15, -0.1) is 0 Å². The van der Waals surface area contributed by atoms with Crippen LogP contribution in [0, 0.1) is 13.8 Å². The largest absolute Gasteiger partial charge is 0.386 e. The molecule has 0 bridgehead atoms. The molecule has 0 amide bonds. The van der Waals surface area contributed by atoms with Crippen molar-refractivity contribution in [1.82, 2.24) is 9.55 Å². The Morgan fingerprint density at radius 2 is 2.05 bits per heavy atom. The number of aliphatic hydroxyl groups excluding tert-OH is 1. The first kappa shape index (κ1) is 15.0. The van der Waals surface area contributed by atoms with Crippen LogP contribution < -0.4 is 5.56 Å². The summed E-state index contributed by atoms with van der Waals surface area (Å²) in [5.74, 6) is 0. The van der Waals surface area contributed by atoms with Crippen LogP contribution in [0.3, 0.4) is 0 Å². The second-order valence-electron chi connectivity index (χ2n) is 4.59. The molecule has 1 aromatic carbocycles. The lowest BCUT2D eigenvalue weighted by Crippen LogP contribution is -2.26. The first-order valence-electron chi connectivity index (χ1n) is 6.06. The number of rotatable bonds is 3. The predicted molar refractivity (Wildman–Crippen MR) is 79.4 cm³/mol. The Bertz CT molecular complexity index is 698.